The van der Waals surface area contributed by atoms with Crippen LogP contribution in [-0.2, 0) is 0 Å². The first kappa shape index (κ1) is 10.4. The SMILES string of the molecule is Nc1cc(C#CCCl)ccc1[N+](=O)[O-]. The highest BCUT2D eigenvalue weighted by atomic mass is 35.5. The molecule has 4 nitrogen and oxygen atoms in total. The van der Waals surface area contributed by atoms with Crippen molar-refractivity contribution in [2.75, 3.05) is 11.6 Å². The molecule has 0 bridgehead atoms. The van der Waals surface area contributed by atoms with Gasteiger partial charge in [-0.3, -0.25) is 10.1 Å². The Balaban J connectivity index is 3.06. The zero-order valence-electron chi connectivity index (χ0n) is 7.16. The number of nitrogen functional groups attached to an aromatic ring is 1. The highest BCUT2D eigenvalue weighted by molar-refractivity contribution is 6.19. The van der Waals surface area contributed by atoms with Gasteiger partial charge in [0.05, 0.1) is 10.8 Å². The molecule has 0 radical (unpaired) electrons. The molecular formula is C9H7ClN2O2. The molecule has 1 aromatic carbocycles. The molecule has 2 N–H and O–H groups in total. The van der Waals surface area contributed by atoms with E-state index in [4.69, 9.17) is 17.3 Å². The zero-order valence-corrected chi connectivity index (χ0v) is 7.91. The molecule has 0 fully saturated rings. The van der Waals surface area contributed by atoms with Crippen molar-refractivity contribution >= 4 is 23.0 Å². The normalized spacial score (nSPS) is 8.93. The number of rotatable bonds is 1. The predicted molar refractivity (Wildman–Crippen MR) is 55.1 cm³/mol. The summed E-state index contributed by atoms with van der Waals surface area (Å²) in [6.45, 7) is 0. The summed E-state index contributed by atoms with van der Waals surface area (Å²) in [6, 6.07) is 4.32. The van der Waals surface area contributed by atoms with Crippen molar-refractivity contribution in [2.45, 2.75) is 0 Å². The van der Waals surface area contributed by atoms with E-state index in [-0.39, 0.29) is 17.3 Å². The van der Waals surface area contributed by atoms with E-state index >= 15 is 0 Å². The molecule has 0 aromatic heterocycles. The number of benzene rings is 1. The number of nitro groups is 1. The highest BCUT2D eigenvalue weighted by Crippen LogP contribution is 2.21. The van der Waals surface area contributed by atoms with Gasteiger partial charge in [-0.05, 0) is 12.1 Å². The van der Waals surface area contributed by atoms with Crippen LogP contribution in [0.4, 0.5) is 11.4 Å². The summed E-state index contributed by atoms with van der Waals surface area (Å²) in [5.41, 5.74) is 6.07. The first-order valence-electron chi connectivity index (χ1n) is 3.74. The van der Waals surface area contributed by atoms with Crippen molar-refractivity contribution in [3.8, 4) is 11.8 Å². The Morgan fingerprint density at radius 3 is 2.79 bits per heavy atom. The molecule has 0 aliphatic carbocycles. The number of nitrogens with two attached hydrogens (primary N) is 1. The fourth-order valence-corrected chi connectivity index (χ4v) is 1.00. The molecule has 5 heteroatoms. The van der Waals surface area contributed by atoms with E-state index in [1.54, 1.807) is 0 Å². The monoisotopic (exact) mass is 210 g/mol. The maximum atomic E-state index is 10.4. The summed E-state index contributed by atoms with van der Waals surface area (Å²) in [5, 5.41) is 10.4. The number of alkyl halides is 1. The van der Waals surface area contributed by atoms with Gasteiger partial charge >= 0.3 is 0 Å². The average Bonchev–Trinajstić information content (AvgIpc) is 2.14. The first-order valence-corrected chi connectivity index (χ1v) is 4.27. The first-order chi connectivity index (χ1) is 6.65. The van der Waals surface area contributed by atoms with Crippen molar-refractivity contribution in [3.05, 3.63) is 33.9 Å². The maximum Gasteiger partial charge on any atom is 0.292 e. The molecule has 0 saturated heterocycles. The van der Waals surface area contributed by atoms with Crippen LogP contribution in [0.2, 0.25) is 0 Å². The van der Waals surface area contributed by atoms with Crippen LogP contribution in [0.3, 0.4) is 0 Å². The minimum absolute atomic E-state index is 0.108. The molecule has 1 rings (SSSR count). The largest absolute Gasteiger partial charge is 0.393 e. The Morgan fingerprint density at radius 1 is 1.57 bits per heavy atom. The van der Waals surface area contributed by atoms with E-state index in [1.807, 2.05) is 0 Å². The van der Waals surface area contributed by atoms with Crippen molar-refractivity contribution in [1.82, 2.24) is 0 Å². The van der Waals surface area contributed by atoms with Crippen molar-refractivity contribution in [1.29, 1.82) is 0 Å². The minimum Gasteiger partial charge on any atom is -0.393 e. The van der Waals surface area contributed by atoms with Gasteiger partial charge in [0.2, 0.25) is 0 Å². The molecule has 0 heterocycles. The van der Waals surface area contributed by atoms with Crippen LogP contribution in [0, 0.1) is 22.0 Å². The number of hydrogen-bond acceptors (Lipinski definition) is 3. The van der Waals surface area contributed by atoms with Crippen LogP contribution in [0.5, 0.6) is 0 Å². The van der Waals surface area contributed by atoms with Crippen LogP contribution < -0.4 is 5.73 Å². The van der Waals surface area contributed by atoms with E-state index in [0.29, 0.717) is 5.56 Å². The van der Waals surface area contributed by atoms with Gasteiger partial charge < -0.3 is 5.73 Å². The standard InChI is InChI=1S/C9H7ClN2O2/c10-5-1-2-7-3-4-9(12(13)14)8(11)6-7/h3-4,6H,5,11H2. The molecule has 0 aliphatic rings. The second-order valence-electron chi connectivity index (χ2n) is 2.47. The van der Waals surface area contributed by atoms with Crippen molar-refractivity contribution in [2.24, 2.45) is 0 Å². The van der Waals surface area contributed by atoms with Gasteiger partial charge in [-0.2, -0.15) is 0 Å². The molecule has 0 saturated carbocycles. The molecule has 0 unspecified atom stereocenters. The van der Waals surface area contributed by atoms with E-state index < -0.39 is 4.92 Å². The molecule has 0 amide bonds. The number of halogens is 1. The second-order valence-corrected chi connectivity index (χ2v) is 2.73. The quantitative estimate of drug-likeness (QED) is 0.253. The molecule has 0 spiro atoms. The van der Waals surface area contributed by atoms with Gasteiger partial charge in [0.1, 0.15) is 5.69 Å². The fraction of sp³-hybridized carbons (Fsp3) is 0.111. The minimum atomic E-state index is -0.534. The van der Waals surface area contributed by atoms with Gasteiger partial charge in [-0.1, -0.05) is 11.8 Å². The molecule has 14 heavy (non-hydrogen) atoms. The summed E-state index contributed by atoms with van der Waals surface area (Å²) in [7, 11) is 0. The summed E-state index contributed by atoms with van der Waals surface area (Å²) in [6.07, 6.45) is 0. The molecule has 72 valence electrons. The van der Waals surface area contributed by atoms with Crippen LogP contribution in [0.25, 0.3) is 0 Å². The van der Waals surface area contributed by atoms with Gasteiger partial charge in [-0.15, -0.1) is 11.6 Å². The van der Waals surface area contributed by atoms with Gasteiger partial charge in [0, 0.05) is 11.6 Å². The van der Waals surface area contributed by atoms with E-state index in [2.05, 4.69) is 11.8 Å². The highest BCUT2D eigenvalue weighted by Gasteiger charge is 2.09. The van der Waals surface area contributed by atoms with Crippen LogP contribution in [-0.4, -0.2) is 10.8 Å². The third kappa shape index (κ3) is 2.38. The van der Waals surface area contributed by atoms with Gasteiger partial charge in [0.15, 0.2) is 0 Å². The van der Waals surface area contributed by atoms with Gasteiger partial charge in [-0.25, -0.2) is 0 Å². The smallest absolute Gasteiger partial charge is 0.292 e. The number of hydrogen-bond donors (Lipinski definition) is 1. The third-order valence-corrected chi connectivity index (χ3v) is 1.66. The molecular weight excluding hydrogens is 204 g/mol. The van der Waals surface area contributed by atoms with E-state index in [1.165, 1.54) is 18.2 Å². The Morgan fingerprint density at radius 2 is 2.29 bits per heavy atom. The fourth-order valence-electron chi connectivity index (χ4n) is 0.934. The maximum absolute atomic E-state index is 10.4. The molecule has 1 aromatic rings. The molecule has 0 atom stereocenters. The Labute approximate surface area is 85.8 Å². The van der Waals surface area contributed by atoms with Crippen molar-refractivity contribution in [3.63, 3.8) is 0 Å². The van der Waals surface area contributed by atoms with E-state index in [0.717, 1.165) is 0 Å². The molecule has 0 aliphatic heterocycles. The number of anilines is 1. The average molecular weight is 211 g/mol. The number of nitrogens with zero attached hydrogens (tertiary/aromatic N) is 1. The van der Waals surface area contributed by atoms with Crippen LogP contribution >= 0.6 is 11.6 Å². The summed E-state index contributed by atoms with van der Waals surface area (Å²) in [5.74, 6) is 5.57. The summed E-state index contributed by atoms with van der Waals surface area (Å²) in [4.78, 5) is 9.88. The Kier molecular flexibility index (Phi) is 3.32. The topological polar surface area (TPSA) is 69.2 Å². The van der Waals surface area contributed by atoms with Crippen LogP contribution in [0.1, 0.15) is 5.56 Å². The Bertz CT molecular complexity index is 421. The Hall–Kier alpha value is -1.73. The lowest BCUT2D eigenvalue weighted by molar-refractivity contribution is -0.383. The number of nitro benzene ring substituents is 1. The second kappa shape index (κ2) is 4.49. The van der Waals surface area contributed by atoms with Crippen molar-refractivity contribution < 1.29 is 4.92 Å². The van der Waals surface area contributed by atoms with E-state index in [9.17, 15) is 10.1 Å². The summed E-state index contributed by atoms with van der Waals surface area (Å²) < 4.78 is 0. The third-order valence-electron chi connectivity index (χ3n) is 1.52. The predicted octanol–water partition coefficient (Wildman–Crippen LogP) is 1.77. The summed E-state index contributed by atoms with van der Waals surface area (Å²) >= 11 is 5.36. The zero-order chi connectivity index (χ0) is 10.6. The lowest BCUT2D eigenvalue weighted by atomic mass is 10.2. The lowest BCUT2D eigenvalue weighted by Gasteiger charge is -1.96. The van der Waals surface area contributed by atoms with Gasteiger partial charge in [0.25, 0.3) is 5.69 Å². The lowest BCUT2D eigenvalue weighted by Crippen LogP contribution is -1.95. The van der Waals surface area contributed by atoms with Crippen LogP contribution in [0.15, 0.2) is 18.2 Å².